The number of nitrogens with two attached hydrogens (primary N) is 2. The third kappa shape index (κ3) is 5.38. The van der Waals surface area contributed by atoms with Crippen LogP contribution in [0, 0.1) is 11.6 Å². The molecule has 4 N–H and O–H groups in total. The highest BCUT2D eigenvalue weighted by Gasteiger charge is 2.09. The van der Waals surface area contributed by atoms with E-state index in [-0.39, 0.29) is 17.7 Å². The highest BCUT2D eigenvalue weighted by atomic mass is 19.1. The SMILES string of the molecule is NCCCC(N)COc1cc(-c2ccc(F)cc2)cc(-c2ccc(F)cc2)c1. The van der Waals surface area contributed by atoms with Crippen LogP contribution in [0.2, 0.25) is 0 Å². The van der Waals surface area contributed by atoms with Crippen LogP contribution < -0.4 is 16.2 Å². The average Bonchev–Trinajstić information content (AvgIpc) is 2.71. The topological polar surface area (TPSA) is 61.3 Å². The molecular weight excluding hydrogens is 358 g/mol. The minimum atomic E-state index is -0.291. The molecule has 3 aromatic carbocycles. The zero-order chi connectivity index (χ0) is 19.9. The van der Waals surface area contributed by atoms with Crippen molar-refractivity contribution in [2.75, 3.05) is 13.2 Å². The van der Waals surface area contributed by atoms with Gasteiger partial charge in [-0.15, -0.1) is 0 Å². The van der Waals surface area contributed by atoms with Crippen LogP contribution in [-0.4, -0.2) is 19.2 Å². The van der Waals surface area contributed by atoms with Crippen LogP contribution in [0.25, 0.3) is 22.3 Å². The summed E-state index contributed by atoms with van der Waals surface area (Å²) in [4.78, 5) is 0. The highest BCUT2D eigenvalue weighted by molar-refractivity contribution is 5.75. The number of hydrogen-bond acceptors (Lipinski definition) is 3. The van der Waals surface area contributed by atoms with E-state index in [1.807, 2.05) is 18.2 Å². The fraction of sp³-hybridized carbons (Fsp3) is 0.217. The molecule has 0 fully saturated rings. The van der Waals surface area contributed by atoms with Gasteiger partial charge in [0.05, 0.1) is 0 Å². The van der Waals surface area contributed by atoms with Gasteiger partial charge in [-0.05, 0) is 84.1 Å². The Kier molecular flexibility index (Phi) is 6.74. The number of benzene rings is 3. The van der Waals surface area contributed by atoms with Gasteiger partial charge in [0, 0.05) is 6.04 Å². The van der Waals surface area contributed by atoms with Crippen molar-refractivity contribution in [3.63, 3.8) is 0 Å². The molecule has 0 saturated heterocycles. The summed E-state index contributed by atoms with van der Waals surface area (Å²) < 4.78 is 32.5. The number of hydrogen-bond donors (Lipinski definition) is 2. The molecule has 146 valence electrons. The average molecular weight is 382 g/mol. The predicted molar refractivity (Wildman–Crippen MR) is 109 cm³/mol. The molecule has 0 spiro atoms. The molecule has 5 heteroatoms. The first-order chi connectivity index (χ1) is 13.5. The van der Waals surface area contributed by atoms with Crippen molar-refractivity contribution in [1.82, 2.24) is 0 Å². The second kappa shape index (κ2) is 9.44. The van der Waals surface area contributed by atoms with Crippen molar-refractivity contribution < 1.29 is 13.5 Å². The van der Waals surface area contributed by atoms with E-state index >= 15 is 0 Å². The van der Waals surface area contributed by atoms with Crippen molar-refractivity contribution in [1.29, 1.82) is 0 Å². The molecule has 0 aliphatic heterocycles. The summed E-state index contributed by atoms with van der Waals surface area (Å²) in [5.41, 5.74) is 15.1. The second-order valence-electron chi connectivity index (χ2n) is 6.76. The Morgan fingerprint density at radius 1 is 0.750 bits per heavy atom. The van der Waals surface area contributed by atoms with Gasteiger partial charge in [0.2, 0.25) is 0 Å². The summed E-state index contributed by atoms with van der Waals surface area (Å²) in [7, 11) is 0. The quantitative estimate of drug-likeness (QED) is 0.591. The molecule has 3 nitrogen and oxygen atoms in total. The van der Waals surface area contributed by atoms with Gasteiger partial charge >= 0.3 is 0 Å². The molecule has 3 aromatic rings. The van der Waals surface area contributed by atoms with Gasteiger partial charge in [0.25, 0.3) is 0 Å². The second-order valence-corrected chi connectivity index (χ2v) is 6.76. The van der Waals surface area contributed by atoms with Gasteiger partial charge in [-0.1, -0.05) is 24.3 Å². The van der Waals surface area contributed by atoms with E-state index in [1.165, 1.54) is 24.3 Å². The van der Waals surface area contributed by atoms with E-state index in [9.17, 15) is 8.78 Å². The fourth-order valence-corrected chi connectivity index (χ4v) is 2.97. The normalized spacial score (nSPS) is 12.0. The standard InChI is InChI=1S/C23H24F2N2O/c24-20-7-3-16(4-8-20)18-12-19(17-5-9-21(25)10-6-17)14-23(13-18)28-15-22(27)2-1-11-26/h3-10,12-14,22H,1-2,11,15,26-27H2. The summed E-state index contributed by atoms with van der Waals surface area (Å²) in [5.74, 6) is 0.0749. The van der Waals surface area contributed by atoms with Crippen LogP contribution in [0.1, 0.15) is 12.8 Å². The first kappa shape index (κ1) is 20.0. The van der Waals surface area contributed by atoms with Crippen LogP contribution in [0.3, 0.4) is 0 Å². The zero-order valence-electron chi connectivity index (χ0n) is 15.6. The van der Waals surface area contributed by atoms with Crippen LogP contribution in [0.4, 0.5) is 8.78 Å². The first-order valence-electron chi connectivity index (χ1n) is 9.30. The van der Waals surface area contributed by atoms with Gasteiger partial charge in [0.1, 0.15) is 24.0 Å². The number of rotatable bonds is 8. The molecule has 0 aromatic heterocycles. The van der Waals surface area contributed by atoms with E-state index in [2.05, 4.69) is 0 Å². The van der Waals surface area contributed by atoms with Crippen LogP contribution in [-0.2, 0) is 0 Å². The van der Waals surface area contributed by atoms with E-state index in [0.29, 0.717) is 18.9 Å². The van der Waals surface area contributed by atoms with Gasteiger partial charge < -0.3 is 16.2 Å². The van der Waals surface area contributed by atoms with Crippen molar-refractivity contribution in [3.05, 3.63) is 78.4 Å². The fourth-order valence-electron chi connectivity index (χ4n) is 2.97. The van der Waals surface area contributed by atoms with E-state index in [1.54, 1.807) is 24.3 Å². The summed E-state index contributed by atoms with van der Waals surface area (Å²) in [6.07, 6.45) is 1.64. The molecule has 1 atom stereocenters. The maximum Gasteiger partial charge on any atom is 0.123 e. The van der Waals surface area contributed by atoms with Crippen LogP contribution in [0.15, 0.2) is 66.7 Å². The number of ether oxygens (including phenoxy) is 1. The van der Waals surface area contributed by atoms with Crippen molar-refractivity contribution in [2.24, 2.45) is 11.5 Å². The molecule has 0 bridgehead atoms. The van der Waals surface area contributed by atoms with Crippen molar-refractivity contribution >= 4 is 0 Å². The third-order valence-corrected chi connectivity index (χ3v) is 4.50. The van der Waals surface area contributed by atoms with E-state index in [4.69, 9.17) is 16.2 Å². The Morgan fingerprint density at radius 2 is 1.25 bits per heavy atom. The molecule has 0 saturated carbocycles. The third-order valence-electron chi connectivity index (χ3n) is 4.50. The molecule has 3 rings (SSSR count). The molecule has 1 unspecified atom stereocenters. The van der Waals surface area contributed by atoms with Gasteiger partial charge in [-0.3, -0.25) is 0 Å². The van der Waals surface area contributed by atoms with Crippen LogP contribution in [0.5, 0.6) is 5.75 Å². The van der Waals surface area contributed by atoms with Crippen LogP contribution >= 0.6 is 0 Å². The lowest BCUT2D eigenvalue weighted by molar-refractivity contribution is 0.281. The Hall–Kier alpha value is -2.76. The molecule has 28 heavy (non-hydrogen) atoms. The summed E-state index contributed by atoms with van der Waals surface area (Å²) in [6, 6.07) is 18.2. The van der Waals surface area contributed by atoms with Gasteiger partial charge in [0.15, 0.2) is 0 Å². The zero-order valence-corrected chi connectivity index (χ0v) is 15.6. The van der Waals surface area contributed by atoms with E-state index in [0.717, 1.165) is 35.1 Å². The Morgan fingerprint density at radius 3 is 1.71 bits per heavy atom. The summed E-state index contributed by atoms with van der Waals surface area (Å²) in [5, 5.41) is 0. The molecule has 0 radical (unpaired) electrons. The summed E-state index contributed by atoms with van der Waals surface area (Å²) in [6.45, 7) is 0.970. The summed E-state index contributed by atoms with van der Waals surface area (Å²) >= 11 is 0. The number of halogens is 2. The monoisotopic (exact) mass is 382 g/mol. The van der Waals surface area contributed by atoms with Gasteiger partial charge in [-0.2, -0.15) is 0 Å². The first-order valence-corrected chi connectivity index (χ1v) is 9.30. The minimum absolute atomic E-state index is 0.104. The van der Waals surface area contributed by atoms with E-state index < -0.39 is 0 Å². The largest absolute Gasteiger partial charge is 0.492 e. The lowest BCUT2D eigenvalue weighted by atomic mass is 9.98. The molecule has 0 aliphatic rings. The minimum Gasteiger partial charge on any atom is -0.492 e. The Balaban J connectivity index is 1.91. The lowest BCUT2D eigenvalue weighted by Crippen LogP contribution is -2.28. The maximum absolute atomic E-state index is 13.3. The Bertz CT molecular complexity index is 832. The molecule has 0 aliphatic carbocycles. The van der Waals surface area contributed by atoms with Crippen molar-refractivity contribution in [2.45, 2.75) is 18.9 Å². The smallest absolute Gasteiger partial charge is 0.123 e. The molecule has 0 heterocycles. The molecular formula is C23H24F2N2O. The van der Waals surface area contributed by atoms with Gasteiger partial charge in [-0.25, -0.2) is 8.78 Å². The predicted octanol–water partition coefficient (Wildman–Crippen LogP) is 4.74. The lowest BCUT2D eigenvalue weighted by Gasteiger charge is -2.15. The van der Waals surface area contributed by atoms with Crippen molar-refractivity contribution in [3.8, 4) is 28.0 Å². The molecule has 0 amide bonds. The highest BCUT2D eigenvalue weighted by Crippen LogP contribution is 2.32. The Labute approximate surface area is 163 Å². The maximum atomic E-state index is 13.3.